The number of carboxylic acids is 1. The van der Waals surface area contributed by atoms with Crippen molar-refractivity contribution >= 4 is 17.7 Å². The van der Waals surface area contributed by atoms with Crippen LogP contribution >= 0.6 is 11.8 Å². The molecule has 0 aliphatic rings. The first kappa shape index (κ1) is 11.7. The van der Waals surface area contributed by atoms with Crippen LogP contribution in [0.1, 0.15) is 13.3 Å². The number of rotatable bonds is 6. The summed E-state index contributed by atoms with van der Waals surface area (Å²) in [5.74, 6) is -0.415. The van der Waals surface area contributed by atoms with Crippen LogP contribution in [0.5, 0.6) is 0 Å². The molecule has 0 saturated carbocycles. The monoisotopic (exact) mass is 193 g/mol. The Bertz CT molecular complexity index is 154. The Hall–Kier alpha value is -0.260. The molecule has 0 amide bonds. The van der Waals surface area contributed by atoms with E-state index in [1.54, 1.807) is 18.7 Å². The van der Waals surface area contributed by atoms with Crippen molar-refractivity contribution in [2.24, 2.45) is 5.73 Å². The lowest BCUT2D eigenvalue weighted by Gasteiger charge is -2.23. The third-order valence-electron chi connectivity index (χ3n) is 1.44. The summed E-state index contributed by atoms with van der Waals surface area (Å²) in [6.45, 7) is 2.04. The zero-order valence-electron chi connectivity index (χ0n) is 7.37. The van der Waals surface area contributed by atoms with Crippen LogP contribution in [0.3, 0.4) is 0 Å². The maximum atomic E-state index is 10.7. The van der Waals surface area contributed by atoms with Gasteiger partial charge in [-0.1, -0.05) is 0 Å². The predicted octanol–water partition coefficient (Wildman–Crippen LogP) is 0.516. The van der Waals surface area contributed by atoms with Gasteiger partial charge in [0.1, 0.15) is 0 Å². The van der Waals surface area contributed by atoms with Crippen LogP contribution in [0.2, 0.25) is 0 Å². The molecule has 0 heterocycles. The Kier molecular flexibility index (Phi) is 5.28. The lowest BCUT2D eigenvalue weighted by atomic mass is 10.2. The van der Waals surface area contributed by atoms with Gasteiger partial charge in [0, 0.05) is 13.0 Å². The summed E-state index contributed by atoms with van der Waals surface area (Å²) in [4.78, 5) is 10.7. The largest absolute Gasteiger partial charge is 0.478 e. The highest BCUT2D eigenvalue weighted by atomic mass is 32.2. The van der Waals surface area contributed by atoms with E-state index in [0.29, 0.717) is 18.8 Å². The first-order valence-corrected chi connectivity index (χ1v) is 5.11. The Labute approximate surface area is 76.5 Å². The second-order valence-electron chi connectivity index (χ2n) is 2.37. The third-order valence-corrected chi connectivity index (χ3v) is 2.05. The van der Waals surface area contributed by atoms with Crippen molar-refractivity contribution in [3.63, 3.8) is 0 Å². The van der Waals surface area contributed by atoms with Gasteiger partial charge >= 0.3 is 5.97 Å². The highest BCUT2D eigenvalue weighted by molar-refractivity contribution is 7.98. The molecule has 0 saturated heterocycles. The van der Waals surface area contributed by atoms with Crippen molar-refractivity contribution < 1.29 is 14.6 Å². The average molecular weight is 193 g/mol. The fourth-order valence-electron chi connectivity index (χ4n) is 0.752. The zero-order valence-corrected chi connectivity index (χ0v) is 8.19. The maximum absolute atomic E-state index is 10.7. The van der Waals surface area contributed by atoms with Gasteiger partial charge in [0.15, 0.2) is 0 Å². The van der Waals surface area contributed by atoms with E-state index in [9.17, 15) is 4.79 Å². The first-order valence-electron chi connectivity index (χ1n) is 3.72. The minimum Gasteiger partial charge on any atom is -0.478 e. The molecule has 0 unspecified atom stereocenters. The van der Waals surface area contributed by atoms with Gasteiger partial charge in [0.2, 0.25) is 5.72 Å². The van der Waals surface area contributed by atoms with Crippen molar-refractivity contribution in [2.45, 2.75) is 19.1 Å². The molecule has 0 aliphatic carbocycles. The number of nitrogens with two attached hydrogens (primary N) is 1. The highest BCUT2D eigenvalue weighted by Gasteiger charge is 2.33. The number of aliphatic carboxylic acids is 1. The molecule has 5 heteroatoms. The van der Waals surface area contributed by atoms with Gasteiger partial charge in [-0.3, -0.25) is 5.73 Å². The molecule has 0 aliphatic heterocycles. The number of thioether (sulfide) groups is 1. The summed E-state index contributed by atoms with van der Waals surface area (Å²) in [6.07, 6.45) is 2.23. The van der Waals surface area contributed by atoms with E-state index >= 15 is 0 Å². The van der Waals surface area contributed by atoms with Crippen LogP contribution in [0.25, 0.3) is 0 Å². The molecule has 0 aromatic carbocycles. The predicted molar refractivity (Wildman–Crippen MR) is 49.2 cm³/mol. The average Bonchev–Trinajstić information content (AvgIpc) is 2.01. The molecule has 0 rings (SSSR count). The van der Waals surface area contributed by atoms with Gasteiger partial charge < -0.3 is 9.84 Å². The van der Waals surface area contributed by atoms with Gasteiger partial charge in [0.25, 0.3) is 0 Å². The lowest BCUT2D eigenvalue weighted by molar-refractivity contribution is -0.165. The molecule has 4 nitrogen and oxygen atoms in total. The van der Waals surface area contributed by atoms with E-state index in [2.05, 4.69) is 0 Å². The van der Waals surface area contributed by atoms with E-state index in [4.69, 9.17) is 15.6 Å². The van der Waals surface area contributed by atoms with E-state index < -0.39 is 11.7 Å². The van der Waals surface area contributed by atoms with E-state index in [0.717, 1.165) is 0 Å². The van der Waals surface area contributed by atoms with Crippen molar-refractivity contribution in [1.82, 2.24) is 0 Å². The van der Waals surface area contributed by atoms with Crippen molar-refractivity contribution in [1.29, 1.82) is 0 Å². The van der Waals surface area contributed by atoms with Crippen LogP contribution in [0.4, 0.5) is 0 Å². The molecule has 72 valence electrons. The minimum absolute atomic E-state index is 0.317. The number of hydrogen-bond acceptors (Lipinski definition) is 4. The summed E-state index contributed by atoms with van der Waals surface area (Å²) < 4.78 is 4.96. The van der Waals surface area contributed by atoms with Crippen molar-refractivity contribution in [3.8, 4) is 0 Å². The third kappa shape index (κ3) is 3.42. The molecule has 3 N–H and O–H groups in total. The quantitative estimate of drug-likeness (QED) is 0.601. The Morgan fingerprint density at radius 2 is 2.33 bits per heavy atom. The van der Waals surface area contributed by atoms with Gasteiger partial charge in [-0.15, -0.1) is 0 Å². The molecule has 12 heavy (non-hydrogen) atoms. The molecule has 0 radical (unpaired) electrons. The first-order chi connectivity index (χ1) is 5.56. The SMILES string of the molecule is CCO[C@](N)(CCSC)C(=O)O. The summed E-state index contributed by atoms with van der Waals surface area (Å²) in [6, 6.07) is 0. The smallest absolute Gasteiger partial charge is 0.351 e. The Morgan fingerprint density at radius 1 is 1.75 bits per heavy atom. The topological polar surface area (TPSA) is 72.5 Å². The standard InChI is InChI=1S/C7H15NO3S/c1-3-11-7(8,6(9)10)4-5-12-2/h3-5,8H2,1-2H3,(H,9,10)/t7-/m1/s1. The zero-order chi connectivity index (χ0) is 9.61. The summed E-state index contributed by atoms with van der Waals surface area (Å²) in [5, 5.41) is 8.73. The highest BCUT2D eigenvalue weighted by Crippen LogP contribution is 2.12. The molecule has 0 fully saturated rings. The number of carboxylic acid groups (broad SMARTS) is 1. The van der Waals surface area contributed by atoms with Crippen LogP contribution in [-0.4, -0.2) is 35.4 Å². The van der Waals surface area contributed by atoms with Crippen LogP contribution < -0.4 is 5.73 Å². The van der Waals surface area contributed by atoms with Gasteiger partial charge in [0.05, 0.1) is 0 Å². The summed E-state index contributed by atoms with van der Waals surface area (Å²) in [5.41, 5.74) is 4.00. The second kappa shape index (κ2) is 5.40. The van der Waals surface area contributed by atoms with E-state index in [1.807, 2.05) is 6.26 Å². The number of carbonyl (C=O) groups is 1. The normalized spacial score (nSPS) is 15.6. The van der Waals surface area contributed by atoms with Gasteiger partial charge in [-0.05, 0) is 18.9 Å². The Morgan fingerprint density at radius 3 is 2.67 bits per heavy atom. The van der Waals surface area contributed by atoms with E-state index in [1.165, 1.54) is 0 Å². The summed E-state index contributed by atoms with van der Waals surface area (Å²) >= 11 is 1.55. The van der Waals surface area contributed by atoms with Crippen molar-refractivity contribution in [3.05, 3.63) is 0 Å². The van der Waals surface area contributed by atoms with Crippen LogP contribution in [0.15, 0.2) is 0 Å². The molecule has 0 bridgehead atoms. The molecule has 0 aromatic heterocycles. The van der Waals surface area contributed by atoms with Gasteiger partial charge in [-0.25, -0.2) is 4.79 Å². The Balaban J connectivity index is 4.08. The fourth-order valence-corrected chi connectivity index (χ4v) is 1.26. The van der Waals surface area contributed by atoms with E-state index in [-0.39, 0.29) is 0 Å². The number of ether oxygens (including phenoxy) is 1. The molecular formula is C7H15NO3S. The fraction of sp³-hybridized carbons (Fsp3) is 0.857. The van der Waals surface area contributed by atoms with Crippen molar-refractivity contribution in [2.75, 3.05) is 18.6 Å². The number of hydrogen-bond donors (Lipinski definition) is 2. The summed E-state index contributed by atoms with van der Waals surface area (Å²) in [7, 11) is 0. The lowest BCUT2D eigenvalue weighted by Crippen LogP contribution is -2.51. The molecular weight excluding hydrogens is 178 g/mol. The van der Waals surface area contributed by atoms with Gasteiger partial charge in [-0.2, -0.15) is 11.8 Å². The maximum Gasteiger partial charge on any atom is 0.351 e. The van der Waals surface area contributed by atoms with Crippen LogP contribution in [-0.2, 0) is 9.53 Å². The van der Waals surface area contributed by atoms with Crippen LogP contribution in [0, 0.1) is 0 Å². The molecule has 1 atom stereocenters. The second-order valence-corrected chi connectivity index (χ2v) is 3.36. The molecule has 0 aromatic rings. The minimum atomic E-state index is -1.50. The molecule has 0 spiro atoms.